The van der Waals surface area contributed by atoms with Gasteiger partial charge in [-0.05, 0) is 26.0 Å². The first-order valence-electron chi connectivity index (χ1n) is 6.37. The Balaban J connectivity index is 3.76. The van der Waals surface area contributed by atoms with Crippen LogP contribution in [-0.4, -0.2) is 30.4 Å². The van der Waals surface area contributed by atoms with Crippen molar-refractivity contribution in [2.24, 2.45) is 0 Å². The van der Waals surface area contributed by atoms with Crippen molar-refractivity contribution in [2.45, 2.75) is 13.8 Å². The van der Waals surface area contributed by atoms with E-state index in [0.29, 0.717) is 0 Å². The summed E-state index contributed by atoms with van der Waals surface area (Å²) in [5, 5.41) is 11.2. The lowest BCUT2D eigenvalue weighted by atomic mass is 10.0. The standard InChI is InChI=1S/C14H16N2O6/c1-4-6-10(17)8-7-9(14(18)21-3)12(16(19)20)11(15)13(8)22-5-2/h4,6-7H,5,15H2,1-3H3/b6-4+. The molecule has 0 atom stereocenters. The summed E-state index contributed by atoms with van der Waals surface area (Å²) < 4.78 is 9.77. The van der Waals surface area contributed by atoms with Crippen LogP contribution in [-0.2, 0) is 4.74 Å². The maximum atomic E-state index is 12.1. The number of nitro groups is 1. The minimum absolute atomic E-state index is 0.0385. The number of anilines is 1. The lowest BCUT2D eigenvalue weighted by Gasteiger charge is -2.13. The second kappa shape index (κ2) is 7.21. The zero-order valence-corrected chi connectivity index (χ0v) is 12.4. The van der Waals surface area contributed by atoms with E-state index in [-0.39, 0.29) is 23.6 Å². The van der Waals surface area contributed by atoms with Crippen LogP contribution in [0.1, 0.15) is 34.6 Å². The average Bonchev–Trinajstić information content (AvgIpc) is 2.47. The molecule has 0 radical (unpaired) electrons. The van der Waals surface area contributed by atoms with Crippen LogP contribution in [0.15, 0.2) is 18.2 Å². The monoisotopic (exact) mass is 308 g/mol. The van der Waals surface area contributed by atoms with E-state index >= 15 is 0 Å². The molecule has 0 spiro atoms. The third-order valence-corrected chi connectivity index (χ3v) is 2.75. The fraction of sp³-hybridized carbons (Fsp3) is 0.286. The van der Waals surface area contributed by atoms with Crippen molar-refractivity contribution < 1.29 is 24.0 Å². The minimum atomic E-state index is -0.962. The normalized spacial score (nSPS) is 10.5. The molecule has 8 heteroatoms. The Kier molecular flexibility index (Phi) is 5.62. The number of hydrogen-bond donors (Lipinski definition) is 1. The van der Waals surface area contributed by atoms with Crippen LogP contribution < -0.4 is 10.5 Å². The Morgan fingerprint density at radius 3 is 2.50 bits per heavy atom. The fourth-order valence-corrected chi connectivity index (χ4v) is 1.86. The molecule has 0 unspecified atom stereocenters. The molecular formula is C14H16N2O6. The molecule has 0 aliphatic carbocycles. The van der Waals surface area contributed by atoms with Gasteiger partial charge in [0.2, 0.25) is 0 Å². The summed E-state index contributed by atoms with van der Waals surface area (Å²) in [6.07, 6.45) is 2.73. The van der Waals surface area contributed by atoms with Gasteiger partial charge in [0.15, 0.2) is 17.2 Å². The van der Waals surface area contributed by atoms with Gasteiger partial charge in [-0.2, -0.15) is 0 Å². The third kappa shape index (κ3) is 3.22. The SMILES string of the molecule is C/C=C/C(=O)c1cc(C(=O)OC)c([N+](=O)[O-])c(N)c1OCC. The second-order valence-electron chi connectivity index (χ2n) is 4.11. The molecule has 8 nitrogen and oxygen atoms in total. The summed E-state index contributed by atoms with van der Waals surface area (Å²) in [6.45, 7) is 3.42. The number of nitrogen functional groups attached to an aromatic ring is 1. The first-order valence-corrected chi connectivity index (χ1v) is 6.37. The van der Waals surface area contributed by atoms with Crippen LogP contribution in [0, 0.1) is 10.1 Å². The summed E-state index contributed by atoms with van der Waals surface area (Å²) in [7, 11) is 1.08. The van der Waals surface area contributed by atoms with Crippen molar-refractivity contribution in [1.82, 2.24) is 0 Å². The molecular weight excluding hydrogens is 292 g/mol. The number of methoxy groups -OCH3 is 1. The lowest BCUT2D eigenvalue weighted by Crippen LogP contribution is -2.13. The summed E-state index contributed by atoms with van der Waals surface area (Å²) >= 11 is 0. The van der Waals surface area contributed by atoms with Gasteiger partial charge in [-0.15, -0.1) is 0 Å². The Morgan fingerprint density at radius 1 is 1.41 bits per heavy atom. The first-order chi connectivity index (χ1) is 10.4. The van der Waals surface area contributed by atoms with Crippen molar-refractivity contribution in [2.75, 3.05) is 19.5 Å². The number of benzene rings is 1. The van der Waals surface area contributed by atoms with Gasteiger partial charge in [0, 0.05) is 0 Å². The van der Waals surface area contributed by atoms with Gasteiger partial charge in [-0.1, -0.05) is 6.08 Å². The van der Waals surface area contributed by atoms with Gasteiger partial charge in [0.25, 0.3) is 0 Å². The summed E-state index contributed by atoms with van der Waals surface area (Å²) in [6, 6.07) is 1.06. The predicted octanol–water partition coefficient (Wildman–Crippen LogP) is 2.12. The van der Waals surface area contributed by atoms with E-state index in [0.717, 1.165) is 13.2 Å². The van der Waals surface area contributed by atoms with Crippen molar-refractivity contribution in [3.8, 4) is 5.75 Å². The van der Waals surface area contributed by atoms with Gasteiger partial charge in [-0.3, -0.25) is 14.9 Å². The highest BCUT2D eigenvalue weighted by Crippen LogP contribution is 2.39. The quantitative estimate of drug-likeness (QED) is 0.213. The first kappa shape index (κ1) is 17.2. The van der Waals surface area contributed by atoms with Crippen LogP contribution >= 0.6 is 0 Å². The number of carbonyl (C=O) groups is 2. The molecule has 1 rings (SSSR count). The number of esters is 1. The molecule has 0 bridgehead atoms. The number of ether oxygens (including phenoxy) is 2. The van der Waals surface area contributed by atoms with E-state index in [4.69, 9.17) is 10.5 Å². The highest BCUT2D eigenvalue weighted by Gasteiger charge is 2.31. The molecule has 0 aliphatic rings. The zero-order valence-electron chi connectivity index (χ0n) is 12.4. The van der Waals surface area contributed by atoms with Crippen LogP contribution in [0.4, 0.5) is 11.4 Å². The fourth-order valence-electron chi connectivity index (χ4n) is 1.86. The topological polar surface area (TPSA) is 122 Å². The molecule has 0 amide bonds. The van der Waals surface area contributed by atoms with Crippen LogP contribution in [0.2, 0.25) is 0 Å². The Labute approximate surface area is 126 Å². The van der Waals surface area contributed by atoms with Gasteiger partial charge < -0.3 is 15.2 Å². The minimum Gasteiger partial charge on any atom is -0.491 e. The molecule has 0 aliphatic heterocycles. The number of nitrogens with two attached hydrogens (primary N) is 1. The maximum absolute atomic E-state index is 12.1. The number of ketones is 1. The molecule has 0 fully saturated rings. The predicted molar refractivity (Wildman–Crippen MR) is 79.2 cm³/mol. The molecule has 0 saturated heterocycles. The highest BCUT2D eigenvalue weighted by atomic mass is 16.6. The summed E-state index contributed by atoms with van der Waals surface area (Å²) in [4.78, 5) is 34.2. The number of carbonyl (C=O) groups excluding carboxylic acids is 2. The van der Waals surface area contributed by atoms with Crippen LogP contribution in [0.25, 0.3) is 0 Å². The molecule has 0 saturated carbocycles. The number of allylic oxidation sites excluding steroid dienone is 2. The van der Waals surface area contributed by atoms with Crippen LogP contribution in [0.5, 0.6) is 5.75 Å². The van der Waals surface area contributed by atoms with E-state index < -0.39 is 27.9 Å². The van der Waals surface area contributed by atoms with E-state index in [9.17, 15) is 19.7 Å². The maximum Gasteiger partial charge on any atom is 0.345 e. The summed E-state index contributed by atoms with van der Waals surface area (Å²) in [5.41, 5.74) is 4.28. The zero-order chi connectivity index (χ0) is 16.9. The van der Waals surface area contributed by atoms with Gasteiger partial charge >= 0.3 is 11.7 Å². The van der Waals surface area contributed by atoms with Crippen molar-refractivity contribution >= 4 is 23.1 Å². The second-order valence-corrected chi connectivity index (χ2v) is 4.11. The third-order valence-electron chi connectivity index (χ3n) is 2.75. The van der Waals surface area contributed by atoms with Crippen molar-refractivity contribution in [3.05, 3.63) is 39.5 Å². The van der Waals surface area contributed by atoms with E-state index in [1.165, 1.54) is 12.2 Å². The largest absolute Gasteiger partial charge is 0.491 e. The number of nitro benzene ring substituents is 1. The Hall–Kier alpha value is -2.90. The van der Waals surface area contributed by atoms with Gasteiger partial charge in [-0.25, -0.2) is 4.79 Å². The average molecular weight is 308 g/mol. The van der Waals surface area contributed by atoms with Gasteiger partial charge in [0.05, 0.1) is 24.2 Å². The highest BCUT2D eigenvalue weighted by molar-refractivity contribution is 6.11. The molecule has 0 heterocycles. The molecule has 0 aromatic heterocycles. The van der Waals surface area contributed by atoms with Crippen LogP contribution in [0.3, 0.4) is 0 Å². The molecule has 22 heavy (non-hydrogen) atoms. The smallest absolute Gasteiger partial charge is 0.345 e. The molecule has 118 valence electrons. The number of hydrogen-bond acceptors (Lipinski definition) is 7. The lowest BCUT2D eigenvalue weighted by molar-refractivity contribution is -0.384. The summed E-state index contributed by atoms with van der Waals surface area (Å²) in [5.74, 6) is -1.57. The number of rotatable bonds is 6. The Bertz CT molecular complexity index is 651. The van der Waals surface area contributed by atoms with Crippen molar-refractivity contribution in [3.63, 3.8) is 0 Å². The molecule has 1 aromatic rings. The van der Waals surface area contributed by atoms with Crippen molar-refractivity contribution in [1.29, 1.82) is 0 Å². The van der Waals surface area contributed by atoms with E-state index in [1.807, 2.05) is 0 Å². The molecule has 1 aromatic carbocycles. The molecule has 2 N–H and O–H groups in total. The van der Waals surface area contributed by atoms with E-state index in [2.05, 4.69) is 4.74 Å². The van der Waals surface area contributed by atoms with E-state index in [1.54, 1.807) is 13.8 Å². The Morgan fingerprint density at radius 2 is 2.05 bits per heavy atom. The van der Waals surface area contributed by atoms with Gasteiger partial charge in [0.1, 0.15) is 5.56 Å². The number of nitrogens with zero attached hydrogens (tertiary/aromatic N) is 1.